The van der Waals surface area contributed by atoms with E-state index < -0.39 is 0 Å². The first kappa shape index (κ1) is 16.0. The Morgan fingerprint density at radius 1 is 1.14 bits per heavy atom. The maximum atomic E-state index is 12.4. The minimum absolute atomic E-state index is 0.254. The Morgan fingerprint density at radius 2 is 1.76 bits per heavy atom. The fraction of sp³-hybridized carbons (Fsp3) is 0.588. The first-order valence-electron chi connectivity index (χ1n) is 7.94. The van der Waals surface area contributed by atoms with Crippen LogP contribution in [0.4, 0.5) is 0 Å². The van der Waals surface area contributed by atoms with Crippen LogP contribution in [-0.2, 0) is 17.9 Å². The molecule has 4 nitrogen and oxygen atoms in total. The summed E-state index contributed by atoms with van der Waals surface area (Å²) in [5.74, 6) is 0.254. The highest BCUT2D eigenvalue weighted by Gasteiger charge is 2.17. The van der Waals surface area contributed by atoms with E-state index in [1.54, 1.807) is 0 Å². The molecule has 1 aromatic rings. The number of hydrogen-bond acceptors (Lipinski definition) is 3. The number of benzene rings is 1. The Balaban J connectivity index is 1.88. The number of likely N-dealkylation sites (N-methyl/N-ethyl adjacent to an activating group) is 1. The molecule has 1 heterocycles. The van der Waals surface area contributed by atoms with Crippen molar-refractivity contribution >= 4 is 5.91 Å². The Kier molecular flexibility index (Phi) is 6.21. The normalized spacial score (nSPS) is 16.0. The molecule has 1 aliphatic rings. The summed E-state index contributed by atoms with van der Waals surface area (Å²) in [4.78, 5) is 16.5. The Labute approximate surface area is 127 Å². The maximum Gasteiger partial charge on any atom is 0.236 e. The second-order valence-electron chi connectivity index (χ2n) is 5.94. The van der Waals surface area contributed by atoms with E-state index in [0.29, 0.717) is 13.1 Å². The summed E-state index contributed by atoms with van der Waals surface area (Å²) in [6.45, 7) is 3.65. The number of nitrogens with zero attached hydrogens (tertiary/aromatic N) is 2. The lowest BCUT2D eigenvalue weighted by atomic mass is 10.1. The summed E-state index contributed by atoms with van der Waals surface area (Å²) < 4.78 is 0. The largest absolute Gasteiger partial charge is 0.342 e. The Morgan fingerprint density at radius 3 is 2.38 bits per heavy atom. The molecule has 116 valence electrons. The van der Waals surface area contributed by atoms with Crippen molar-refractivity contribution in [3.63, 3.8) is 0 Å². The first-order valence-corrected chi connectivity index (χ1v) is 7.94. The molecule has 2 rings (SSSR count). The van der Waals surface area contributed by atoms with Crippen LogP contribution in [0.1, 0.15) is 36.8 Å². The maximum absolute atomic E-state index is 12.4. The lowest BCUT2D eigenvalue weighted by Gasteiger charge is -2.24. The van der Waals surface area contributed by atoms with Crippen LogP contribution >= 0.6 is 0 Å². The van der Waals surface area contributed by atoms with Crippen molar-refractivity contribution in [2.45, 2.75) is 38.8 Å². The summed E-state index contributed by atoms with van der Waals surface area (Å²) in [6.07, 6.45) is 4.80. The van der Waals surface area contributed by atoms with Gasteiger partial charge in [-0.15, -0.1) is 0 Å². The molecule has 21 heavy (non-hydrogen) atoms. The van der Waals surface area contributed by atoms with E-state index in [1.807, 2.05) is 24.1 Å². The molecule has 4 heteroatoms. The Bertz CT molecular complexity index is 453. The third kappa shape index (κ3) is 4.83. The predicted octanol–water partition coefficient (Wildman–Crippen LogP) is 1.98. The fourth-order valence-corrected chi connectivity index (χ4v) is 2.91. The van der Waals surface area contributed by atoms with E-state index in [2.05, 4.69) is 17.0 Å². The van der Waals surface area contributed by atoms with Gasteiger partial charge in [-0.1, -0.05) is 37.1 Å². The molecule has 0 saturated carbocycles. The lowest BCUT2D eigenvalue weighted by molar-refractivity contribution is -0.132. The second kappa shape index (κ2) is 8.15. The number of nitrogens with two attached hydrogens (primary N) is 1. The van der Waals surface area contributed by atoms with Gasteiger partial charge in [0.05, 0.1) is 6.54 Å². The molecule has 2 N–H and O–H groups in total. The van der Waals surface area contributed by atoms with Gasteiger partial charge < -0.3 is 10.6 Å². The molecule has 0 unspecified atom stereocenters. The zero-order valence-electron chi connectivity index (χ0n) is 13.1. The average molecular weight is 289 g/mol. The van der Waals surface area contributed by atoms with Gasteiger partial charge in [-0.25, -0.2) is 0 Å². The van der Waals surface area contributed by atoms with Crippen LogP contribution in [0, 0.1) is 0 Å². The van der Waals surface area contributed by atoms with Gasteiger partial charge in [0, 0.05) is 26.2 Å². The highest BCUT2D eigenvalue weighted by atomic mass is 16.2. The SMILES string of the molecule is CN(CC(=O)N1CCCCCC1)Cc1ccccc1CN. The number of carbonyl (C=O) groups is 1. The molecule has 1 aliphatic heterocycles. The number of hydrogen-bond donors (Lipinski definition) is 1. The van der Waals surface area contributed by atoms with Crippen LogP contribution in [0.5, 0.6) is 0 Å². The zero-order chi connectivity index (χ0) is 15.1. The van der Waals surface area contributed by atoms with Crippen molar-refractivity contribution in [2.75, 3.05) is 26.7 Å². The van der Waals surface area contributed by atoms with Gasteiger partial charge in [-0.05, 0) is 31.0 Å². The first-order chi connectivity index (χ1) is 10.2. The molecule has 0 spiro atoms. The van der Waals surface area contributed by atoms with Crippen molar-refractivity contribution in [1.82, 2.24) is 9.80 Å². The van der Waals surface area contributed by atoms with Crippen molar-refractivity contribution in [2.24, 2.45) is 5.73 Å². The predicted molar refractivity (Wildman–Crippen MR) is 85.7 cm³/mol. The summed E-state index contributed by atoms with van der Waals surface area (Å²) in [5.41, 5.74) is 8.14. The molecular formula is C17H27N3O. The molecule has 0 bridgehead atoms. The van der Waals surface area contributed by atoms with Crippen molar-refractivity contribution in [1.29, 1.82) is 0 Å². The number of amides is 1. The van der Waals surface area contributed by atoms with E-state index in [0.717, 1.165) is 38.0 Å². The van der Waals surface area contributed by atoms with Crippen LogP contribution in [0.3, 0.4) is 0 Å². The molecule has 1 fully saturated rings. The van der Waals surface area contributed by atoms with Gasteiger partial charge in [-0.2, -0.15) is 0 Å². The van der Waals surface area contributed by atoms with E-state index in [-0.39, 0.29) is 5.91 Å². The lowest BCUT2D eigenvalue weighted by Crippen LogP contribution is -2.39. The van der Waals surface area contributed by atoms with Gasteiger partial charge in [0.1, 0.15) is 0 Å². The second-order valence-corrected chi connectivity index (χ2v) is 5.94. The highest BCUT2D eigenvalue weighted by molar-refractivity contribution is 5.78. The minimum atomic E-state index is 0.254. The fourth-order valence-electron chi connectivity index (χ4n) is 2.91. The van der Waals surface area contributed by atoms with E-state index >= 15 is 0 Å². The van der Waals surface area contributed by atoms with Gasteiger partial charge in [0.15, 0.2) is 0 Å². The molecule has 1 aromatic carbocycles. The van der Waals surface area contributed by atoms with Gasteiger partial charge in [-0.3, -0.25) is 9.69 Å². The Hall–Kier alpha value is -1.39. The van der Waals surface area contributed by atoms with Crippen LogP contribution in [-0.4, -0.2) is 42.4 Å². The van der Waals surface area contributed by atoms with Gasteiger partial charge in [0.2, 0.25) is 5.91 Å². The van der Waals surface area contributed by atoms with Crippen LogP contribution in [0.15, 0.2) is 24.3 Å². The molecule has 0 radical (unpaired) electrons. The summed E-state index contributed by atoms with van der Waals surface area (Å²) in [7, 11) is 2.00. The molecule has 1 saturated heterocycles. The van der Waals surface area contributed by atoms with Gasteiger partial charge in [0.25, 0.3) is 0 Å². The third-order valence-electron chi connectivity index (χ3n) is 4.14. The third-order valence-corrected chi connectivity index (χ3v) is 4.14. The zero-order valence-corrected chi connectivity index (χ0v) is 13.1. The number of carbonyl (C=O) groups excluding carboxylic acids is 1. The minimum Gasteiger partial charge on any atom is -0.342 e. The number of rotatable bonds is 5. The van der Waals surface area contributed by atoms with Crippen molar-refractivity contribution in [3.05, 3.63) is 35.4 Å². The average Bonchev–Trinajstić information content (AvgIpc) is 2.76. The molecular weight excluding hydrogens is 262 g/mol. The van der Waals surface area contributed by atoms with E-state index in [9.17, 15) is 4.79 Å². The molecule has 0 aromatic heterocycles. The molecule has 0 atom stereocenters. The van der Waals surface area contributed by atoms with E-state index in [1.165, 1.54) is 18.4 Å². The summed E-state index contributed by atoms with van der Waals surface area (Å²) in [6, 6.07) is 8.18. The quantitative estimate of drug-likeness (QED) is 0.901. The summed E-state index contributed by atoms with van der Waals surface area (Å²) in [5, 5.41) is 0. The van der Waals surface area contributed by atoms with Crippen LogP contribution in [0.25, 0.3) is 0 Å². The highest BCUT2D eigenvalue weighted by Crippen LogP contribution is 2.12. The summed E-state index contributed by atoms with van der Waals surface area (Å²) >= 11 is 0. The van der Waals surface area contributed by atoms with Crippen LogP contribution < -0.4 is 5.73 Å². The van der Waals surface area contributed by atoms with Crippen molar-refractivity contribution in [3.8, 4) is 0 Å². The molecule has 1 amide bonds. The number of likely N-dealkylation sites (tertiary alicyclic amines) is 1. The standard InChI is InChI=1S/C17H27N3O/c1-19(13-16-9-5-4-8-15(16)12-18)14-17(21)20-10-6-2-3-7-11-20/h4-5,8-9H,2-3,6-7,10-14,18H2,1H3. The molecule has 0 aliphatic carbocycles. The van der Waals surface area contributed by atoms with Gasteiger partial charge >= 0.3 is 0 Å². The smallest absolute Gasteiger partial charge is 0.236 e. The monoisotopic (exact) mass is 289 g/mol. The van der Waals surface area contributed by atoms with Crippen molar-refractivity contribution < 1.29 is 4.79 Å². The van der Waals surface area contributed by atoms with Crippen LogP contribution in [0.2, 0.25) is 0 Å². The topological polar surface area (TPSA) is 49.6 Å². The van der Waals surface area contributed by atoms with E-state index in [4.69, 9.17) is 5.73 Å².